The maximum absolute atomic E-state index is 11.7. The standard InChI is InChI=1S/C13H19N3O4/c1-19-6-5-15-8-12(17)16-10-7-9(13(14)18)3-4-11(10)20-2/h3-4,7,15H,5-6,8H2,1-2H3,(H2,14,18)(H,16,17). The van der Waals surface area contributed by atoms with Crippen LogP contribution < -0.4 is 21.1 Å². The molecular formula is C13H19N3O4. The van der Waals surface area contributed by atoms with Crippen LogP contribution in [0.3, 0.4) is 0 Å². The second-order valence-corrected chi connectivity index (χ2v) is 4.00. The lowest BCUT2D eigenvalue weighted by atomic mass is 10.1. The van der Waals surface area contributed by atoms with Crippen molar-refractivity contribution in [1.82, 2.24) is 5.32 Å². The number of hydrogen-bond donors (Lipinski definition) is 3. The molecule has 0 aromatic heterocycles. The largest absolute Gasteiger partial charge is 0.495 e. The lowest BCUT2D eigenvalue weighted by Crippen LogP contribution is -2.30. The van der Waals surface area contributed by atoms with Crippen molar-refractivity contribution in [3.05, 3.63) is 23.8 Å². The molecule has 0 aliphatic rings. The van der Waals surface area contributed by atoms with E-state index < -0.39 is 5.91 Å². The molecule has 0 spiro atoms. The number of carbonyl (C=O) groups is 2. The first-order valence-electron chi connectivity index (χ1n) is 6.05. The molecule has 1 aromatic carbocycles. The molecule has 7 nitrogen and oxygen atoms in total. The average molecular weight is 281 g/mol. The molecule has 110 valence electrons. The Bertz CT molecular complexity index is 477. The van der Waals surface area contributed by atoms with Crippen LogP contribution in [0.5, 0.6) is 5.75 Å². The zero-order valence-electron chi connectivity index (χ0n) is 11.6. The van der Waals surface area contributed by atoms with Crippen molar-refractivity contribution in [1.29, 1.82) is 0 Å². The van der Waals surface area contributed by atoms with E-state index in [0.717, 1.165) is 0 Å². The van der Waals surface area contributed by atoms with Crippen LogP contribution in [-0.4, -0.2) is 45.7 Å². The Hall–Kier alpha value is -2.12. The van der Waals surface area contributed by atoms with Crippen LogP contribution >= 0.6 is 0 Å². The van der Waals surface area contributed by atoms with Gasteiger partial charge < -0.3 is 25.8 Å². The molecule has 0 atom stereocenters. The van der Waals surface area contributed by atoms with E-state index >= 15 is 0 Å². The summed E-state index contributed by atoms with van der Waals surface area (Å²) in [7, 11) is 3.06. The minimum absolute atomic E-state index is 0.132. The summed E-state index contributed by atoms with van der Waals surface area (Å²) >= 11 is 0. The predicted molar refractivity (Wildman–Crippen MR) is 74.9 cm³/mol. The summed E-state index contributed by atoms with van der Waals surface area (Å²) in [6.45, 7) is 1.23. The molecule has 7 heteroatoms. The van der Waals surface area contributed by atoms with Crippen LogP contribution in [0.1, 0.15) is 10.4 Å². The topological polar surface area (TPSA) is 103 Å². The van der Waals surface area contributed by atoms with Gasteiger partial charge in [0.05, 0.1) is 25.9 Å². The second-order valence-electron chi connectivity index (χ2n) is 4.00. The fourth-order valence-corrected chi connectivity index (χ4v) is 1.53. The van der Waals surface area contributed by atoms with Gasteiger partial charge in [-0.25, -0.2) is 0 Å². The Labute approximate surface area is 117 Å². The van der Waals surface area contributed by atoms with Crippen molar-refractivity contribution in [2.75, 3.05) is 39.2 Å². The summed E-state index contributed by atoms with van der Waals surface area (Å²) in [6, 6.07) is 4.59. The fourth-order valence-electron chi connectivity index (χ4n) is 1.53. The Morgan fingerprint density at radius 2 is 2.05 bits per heavy atom. The Morgan fingerprint density at radius 3 is 2.65 bits per heavy atom. The Morgan fingerprint density at radius 1 is 1.30 bits per heavy atom. The number of hydrogen-bond acceptors (Lipinski definition) is 5. The first kappa shape index (κ1) is 15.9. The summed E-state index contributed by atoms with van der Waals surface area (Å²) in [4.78, 5) is 22.9. The number of ether oxygens (including phenoxy) is 2. The minimum atomic E-state index is -0.568. The predicted octanol–water partition coefficient (Wildman–Crippen LogP) is -0.0314. The van der Waals surface area contributed by atoms with Crippen LogP contribution in [0.4, 0.5) is 5.69 Å². The number of anilines is 1. The zero-order valence-corrected chi connectivity index (χ0v) is 11.6. The van der Waals surface area contributed by atoms with Crippen molar-refractivity contribution in [2.45, 2.75) is 0 Å². The quantitative estimate of drug-likeness (QED) is 0.581. The minimum Gasteiger partial charge on any atom is -0.495 e. The molecule has 1 aromatic rings. The number of benzene rings is 1. The van der Waals surface area contributed by atoms with Gasteiger partial charge in [0.1, 0.15) is 5.75 Å². The molecule has 0 saturated carbocycles. The van der Waals surface area contributed by atoms with E-state index in [0.29, 0.717) is 30.2 Å². The molecule has 0 fully saturated rings. The van der Waals surface area contributed by atoms with Crippen LogP contribution in [0.25, 0.3) is 0 Å². The first-order valence-corrected chi connectivity index (χ1v) is 6.05. The highest BCUT2D eigenvalue weighted by Crippen LogP contribution is 2.25. The van der Waals surface area contributed by atoms with Crippen LogP contribution in [-0.2, 0) is 9.53 Å². The third kappa shape index (κ3) is 4.87. The van der Waals surface area contributed by atoms with Gasteiger partial charge in [-0.3, -0.25) is 9.59 Å². The Balaban J connectivity index is 2.67. The van der Waals surface area contributed by atoms with Gasteiger partial charge in [0.15, 0.2) is 0 Å². The van der Waals surface area contributed by atoms with Gasteiger partial charge in [0, 0.05) is 19.2 Å². The number of methoxy groups -OCH3 is 2. The van der Waals surface area contributed by atoms with Crippen molar-refractivity contribution in [2.24, 2.45) is 5.73 Å². The van der Waals surface area contributed by atoms with E-state index in [1.165, 1.54) is 19.2 Å². The van der Waals surface area contributed by atoms with Crippen molar-refractivity contribution in [3.8, 4) is 5.75 Å². The van der Waals surface area contributed by atoms with Gasteiger partial charge in [-0.1, -0.05) is 0 Å². The van der Waals surface area contributed by atoms with E-state index in [-0.39, 0.29) is 12.5 Å². The van der Waals surface area contributed by atoms with Gasteiger partial charge in [0.25, 0.3) is 0 Å². The summed E-state index contributed by atoms with van der Waals surface area (Å²) in [5, 5.41) is 5.57. The summed E-state index contributed by atoms with van der Waals surface area (Å²) < 4.78 is 9.97. The second kappa shape index (κ2) is 8.13. The third-order valence-corrected chi connectivity index (χ3v) is 2.53. The van der Waals surface area contributed by atoms with Gasteiger partial charge in [-0.15, -0.1) is 0 Å². The number of nitrogens with one attached hydrogen (secondary N) is 2. The Kier molecular flexibility index (Phi) is 6.48. The van der Waals surface area contributed by atoms with E-state index in [9.17, 15) is 9.59 Å². The summed E-state index contributed by atoms with van der Waals surface area (Å²) in [5.41, 5.74) is 5.90. The van der Waals surface area contributed by atoms with Gasteiger partial charge in [-0.2, -0.15) is 0 Å². The monoisotopic (exact) mass is 281 g/mol. The first-order chi connectivity index (χ1) is 9.58. The lowest BCUT2D eigenvalue weighted by Gasteiger charge is -2.11. The molecule has 0 bridgehead atoms. The van der Waals surface area contributed by atoms with Crippen LogP contribution in [0, 0.1) is 0 Å². The maximum atomic E-state index is 11.7. The van der Waals surface area contributed by atoms with Crippen LogP contribution in [0.15, 0.2) is 18.2 Å². The van der Waals surface area contributed by atoms with E-state index in [2.05, 4.69) is 10.6 Å². The van der Waals surface area contributed by atoms with Gasteiger partial charge in [-0.05, 0) is 18.2 Å². The number of rotatable bonds is 8. The maximum Gasteiger partial charge on any atom is 0.248 e. The SMILES string of the molecule is COCCNCC(=O)Nc1cc(C(N)=O)ccc1OC. The number of primary amides is 1. The van der Waals surface area contributed by atoms with E-state index in [1.807, 2.05) is 0 Å². The van der Waals surface area contributed by atoms with Gasteiger partial charge >= 0.3 is 0 Å². The molecule has 0 radical (unpaired) electrons. The molecule has 0 unspecified atom stereocenters. The smallest absolute Gasteiger partial charge is 0.248 e. The average Bonchev–Trinajstić information content (AvgIpc) is 2.43. The summed E-state index contributed by atoms with van der Waals surface area (Å²) in [5.74, 6) is -0.359. The number of amides is 2. The van der Waals surface area contributed by atoms with Gasteiger partial charge in [0.2, 0.25) is 11.8 Å². The molecule has 1 rings (SSSR count). The highest BCUT2D eigenvalue weighted by molar-refractivity contribution is 5.98. The molecule has 0 saturated heterocycles. The molecule has 0 aliphatic heterocycles. The highest BCUT2D eigenvalue weighted by Gasteiger charge is 2.10. The van der Waals surface area contributed by atoms with Crippen molar-refractivity contribution < 1.29 is 19.1 Å². The molecule has 4 N–H and O–H groups in total. The lowest BCUT2D eigenvalue weighted by molar-refractivity contribution is -0.115. The van der Waals surface area contributed by atoms with E-state index in [4.69, 9.17) is 15.2 Å². The number of carbonyl (C=O) groups excluding carboxylic acids is 2. The van der Waals surface area contributed by atoms with E-state index in [1.54, 1.807) is 13.2 Å². The molecule has 0 heterocycles. The molecule has 0 aliphatic carbocycles. The third-order valence-electron chi connectivity index (χ3n) is 2.53. The van der Waals surface area contributed by atoms with Crippen molar-refractivity contribution >= 4 is 17.5 Å². The summed E-state index contributed by atoms with van der Waals surface area (Å²) in [6.07, 6.45) is 0. The molecule has 20 heavy (non-hydrogen) atoms. The molecule has 2 amide bonds. The zero-order chi connectivity index (χ0) is 15.0. The van der Waals surface area contributed by atoms with Crippen LogP contribution in [0.2, 0.25) is 0 Å². The molecular weight excluding hydrogens is 262 g/mol. The fraction of sp³-hybridized carbons (Fsp3) is 0.385. The number of nitrogens with two attached hydrogens (primary N) is 1. The van der Waals surface area contributed by atoms with Crippen molar-refractivity contribution in [3.63, 3.8) is 0 Å². The normalized spacial score (nSPS) is 10.1. The highest BCUT2D eigenvalue weighted by atomic mass is 16.5.